The zero-order valence-corrected chi connectivity index (χ0v) is 10.4. The molecule has 92 valence electrons. The van der Waals surface area contributed by atoms with Crippen LogP contribution in [-0.2, 0) is 9.59 Å². The number of rotatable bonds is 4. The highest BCUT2D eigenvalue weighted by atomic mass is 16.2. The van der Waals surface area contributed by atoms with Crippen LogP contribution in [0.3, 0.4) is 0 Å². The third-order valence-corrected chi connectivity index (χ3v) is 3.01. The Morgan fingerprint density at radius 1 is 1.19 bits per heavy atom. The van der Waals surface area contributed by atoms with Gasteiger partial charge in [0, 0.05) is 13.0 Å². The maximum absolute atomic E-state index is 12.0. The van der Waals surface area contributed by atoms with E-state index in [0.29, 0.717) is 6.04 Å². The summed E-state index contributed by atoms with van der Waals surface area (Å²) in [4.78, 5) is 23.0. The van der Waals surface area contributed by atoms with Crippen LogP contribution in [0.15, 0.2) is 0 Å². The maximum atomic E-state index is 12.0. The highest BCUT2D eigenvalue weighted by Crippen LogP contribution is 2.18. The predicted molar refractivity (Wildman–Crippen MR) is 62.8 cm³/mol. The van der Waals surface area contributed by atoms with E-state index in [0.717, 1.165) is 12.8 Å². The molecule has 0 saturated heterocycles. The summed E-state index contributed by atoms with van der Waals surface area (Å²) in [6, 6.07) is -0.0967. The average molecular weight is 226 g/mol. The van der Waals surface area contributed by atoms with Gasteiger partial charge in [-0.1, -0.05) is 26.7 Å². The van der Waals surface area contributed by atoms with Gasteiger partial charge in [-0.2, -0.15) is 0 Å². The quantitative estimate of drug-likeness (QED) is 0.757. The van der Waals surface area contributed by atoms with Gasteiger partial charge < -0.3 is 10.6 Å². The average Bonchev–Trinajstić information content (AvgIpc) is 2.65. The van der Waals surface area contributed by atoms with E-state index < -0.39 is 6.04 Å². The van der Waals surface area contributed by atoms with Crippen molar-refractivity contribution in [2.45, 2.75) is 58.5 Å². The standard InChI is InChI=1S/C12H22N2O2/c1-8(2)11(13-9(3)15)12(16)14-10-6-4-5-7-10/h8,10-11H,4-7H2,1-3H3,(H,13,15)(H,14,16)/t11-/m1/s1. The lowest BCUT2D eigenvalue weighted by molar-refractivity contribution is -0.129. The molecule has 0 aromatic carbocycles. The molecule has 0 bridgehead atoms. The summed E-state index contributed by atoms with van der Waals surface area (Å²) in [7, 11) is 0. The van der Waals surface area contributed by atoms with Crippen LogP contribution in [0.25, 0.3) is 0 Å². The Labute approximate surface area is 97.2 Å². The van der Waals surface area contributed by atoms with Gasteiger partial charge in [-0.05, 0) is 18.8 Å². The zero-order chi connectivity index (χ0) is 12.1. The fourth-order valence-corrected chi connectivity index (χ4v) is 2.12. The number of carbonyl (C=O) groups is 2. The Morgan fingerprint density at radius 3 is 2.19 bits per heavy atom. The molecular weight excluding hydrogens is 204 g/mol. The van der Waals surface area contributed by atoms with Crippen molar-refractivity contribution < 1.29 is 9.59 Å². The largest absolute Gasteiger partial charge is 0.352 e. The molecule has 0 heterocycles. The van der Waals surface area contributed by atoms with Crippen molar-refractivity contribution in [2.24, 2.45) is 5.92 Å². The number of amides is 2. The summed E-state index contributed by atoms with van der Waals surface area (Å²) >= 11 is 0. The molecule has 1 fully saturated rings. The molecule has 1 atom stereocenters. The van der Waals surface area contributed by atoms with Crippen LogP contribution in [0, 0.1) is 5.92 Å². The van der Waals surface area contributed by atoms with E-state index in [-0.39, 0.29) is 17.7 Å². The van der Waals surface area contributed by atoms with Crippen molar-refractivity contribution in [3.63, 3.8) is 0 Å². The summed E-state index contributed by atoms with van der Waals surface area (Å²) < 4.78 is 0. The molecule has 2 amide bonds. The number of nitrogens with one attached hydrogen (secondary N) is 2. The normalized spacial score (nSPS) is 18.5. The second kappa shape index (κ2) is 5.87. The monoisotopic (exact) mass is 226 g/mol. The highest BCUT2D eigenvalue weighted by Gasteiger charge is 2.26. The van der Waals surface area contributed by atoms with E-state index in [9.17, 15) is 9.59 Å². The fraction of sp³-hybridized carbons (Fsp3) is 0.833. The summed E-state index contributed by atoms with van der Waals surface area (Å²) in [6.07, 6.45) is 4.52. The summed E-state index contributed by atoms with van der Waals surface area (Å²) in [5.74, 6) is -0.0809. The van der Waals surface area contributed by atoms with Crippen LogP contribution in [0.5, 0.6) is 0 Å². The Balaban J connectivity index is 2.49. The van der Waals surface area contributed by atoms with Crippen molar-refractivity contribution in [1.82, 2.24) is 10.6 Å². The fourth-order valence-electron chi connectivity index (χ4n) is 2.12. The van der Waals surface area contributed by atoms with Crippen molar-refractivity contribution in [3.8, 4) is 0 Å². The lowest BCUT2D eigenvalue weighted by Crippen LogP contribution is -2.51. The van der Waals surface area contributed by atoms with Crippen LogP contribution in [0.4, 0.5) is 0 Å². The summed E-state index contributed by atoms with van der Waals surface area (Å²) in [6.45, 7) is 5.32. The molecule has 4 heteroatoms. The molecule has 0 radical (unpaired) electrons. The SMILES string of the molecule is CC(=O)N[C@@H](C(=O)NC1CCCC1)C(C)C. The molecule has 1 aliphatic carbocycles. The minimum atomic E-state index is -0.405. The van der Waals surface area contributed by atoms with Crippen molar-refractivity contribution >= 4 is 11.8 Å². The molecular formula is C12H22N2O2. The summed E-state index contributed by atoms with van der Waals surface area (Å²) in [5.41, 5.74) is 0. The van der Waals surface area contributed by atoms with Crippen LogP contribution >= 0.6 is 0 Å². The molecule has 0 aliphatic heterocycles. The first-order valence-electron chi connectivity index (χ1n) is 6.08. The van der Waals surface area contributed by atoms with Crippen LogP contribution in [0.1, 0.15) is 46.5 Å². The minimum absolute atomic E-state index is 0.0444. The molecule has 1 rings (SSSR count). The number of hydrogen-bond acceptors (Lipinski definition) is 2. The molecule has 16 heavy (non-hydrogen) atoms. The Bertz CT molecular complexity index is 258. The molecule has 0 aromatic rings. The highest BCUT2D eigenvalue weighted by molar-refractivity contribution is 5.87. The first-order chi connectivity index (χ1) is 7.50. The minimum Gasteiger partial charge on any atom is -0.352 e. The molecule has 4 nitrogen and oxygen atoms in total. The van der Waals surface area contributed by atoms with E-state index in [4.69, 9.17) is 0 Å². The third kappa shape index (κ3) is 3.83. The topological polar surface area (TPSA) is 58.2 Å². The number of carbonyl (C=O) groups excluding carboxylic acids is 2. The Kier molecular flexibility index (Phi) is 4.77. The van der Waals surface area contributed by atoms with Gasteiger partial charge in [0.25, 0.3) is 0 Å². The third-order valence-electron chi connectivity index (χ3n) is 3.01. The van der Waals surface area contributed by atoms with Crippen LogP contribution in [-0.4, -0.2) is 23.9 Å². The van der Waals surface area contributed by atoms with Gasteiger partial charge >= 0.3 is 0 Å². The van der Waals surface area contributed by atoms with Gasteiger partial charge in [0.2, 0.25) is 11.8 Å². The maximum Gasteiger partial charge on any atom is 0.243 e. The smallest absolute Gasteiger partial charge is 0.243 e. The van der Waals surface area contributed by atoms with Gasteiger partial charge in [0.1, 0.15) is 6.04 Å². The van der Waals surface area contributed by atoms with Gasteiger partial charge in [-0.3, -0.25) is 9.59 Å². The van der Waals surface area contributed by atoms with Crippen molar-refractivity contribution in [2.75, 3.05) is 0 Å². The number of hydrogen-bond donors (Lipinski definition) is 2. The molecule has 1 aliphatic rings. The van der Waals surface area contributed by atoms with E-state index in [1.54, 1.807) is 0 Å². The predicted octanol–water partition coefficient (Wildman–Crippen LogP) is 1.21. The first kappa shape index (κ1) is 13.0. The second-order valence-corrected chi connectivity index (χ2v) is 4.91. The first-order valence-corrected chi connectivity index (χ1v) is 6.08. The van der Waals surface area contributed by atoms with E-state index in [2.05, 4.69) is 10.6 Å². The molecule has 2 N–H and O–H groups in total. The van der Waals surface area contributed by atoms with Crippen molar-refractivity contribution in [3.05, 3.63) is 0 Å². The zero-order valence-electron chi connectivity index (χ0n) is 10.4. The van der Waals surface area contributed by atoms with E-state index in [1.807, 2.05) is 13.8 Å². The van der Waals surface area contributed by atoms with E-state index >= 15 is 0 Å². The molecule has 0 spiro atoms. The second-order valence-electron chi connectivity index (χ2n) is 4.91. The lowest BCUT2D eigenvalue weighted by atomic mass is 10.0. The van der Waals surface area contributed by atoms with Crippen molar-refractivity contribution in [1.29, 1.82) is 0 Å². The van der Waals surface area contributed by atoms with Gasteiger partial charge in [0.15, 0.2) is 0 Å². The molecule has 1 saturated carbocycles. The van der Waals surface area contributed by atoms with Gasteiger partial charge in [-0.25, -0.2) is 0 Å². The Hall–Kier alpha value is -1.06. The van der Waals surface area contributed by atoms with Crippen LogP contribution in [0.2, 0.25) is 0 Å². The lowest BCUT2D eigenvalue weighted by Gasteiger charge is -2.23. The van der Waals surface area contributed by atoms with Gasteiger partial charge in [0.05, 0.1) is 0 Å². The molecule has 0 unspecified atom stereocenters. The van der Waals surface area contributed by atoms with Gasteiger partial charge in [-0.15, -0.1) is 0 Å². The van der Waals surface area contributed by atoms with Crippen LogP contribution < -0.4 is 10.6 Å². The van der Waals surface area contributed by atoms with E-state index in [1.165, 1.54) is 19.8 Å². The Morgan fingerprint density at radius 2 is 1.75 bits per heavy atom. The summed E-state index contributed by atoms with van der Waals surface area (Å²) in [5, 5.41) is 5.71. The molecule has 0 aromatic heterocycles.